The molecule has 1 aromatic carbocycles. The van der Waals surface area contributed by atoms with Crippen molar-refractivity contribution in [2.24, 2.45) is 0 Å². The minimum atomic E-state index is -0.686. The highest BCUT2D eigenvalue weighted by atomic mass is 35.5. The van der Waals surface area contributed by atoms with Crippen molar-refractivity contribution >= 4 is 46.9 Å². The topological polar surface area (TPSA) is 90.5 Å². The van der Waals surface area contributed by atoms with Crippen LogP contribution in [-0.2, 0) is 4.79 Å². The van der Waals surface area contributed by atoms with E-state index < -0.39 is 18.0 Å². The molecule has 0 radical (unpaired) electrons. The summed E-state index contributed by atoms with van der Waals surface area (Å²) in [5.41, 5.74) is 2.62. The van der Waals surface area contributed by atoms with Crippen molar-refractivity contribution in [2.75, 3.05) is 11.9 Å². The molecule has 1 aliphatic rings. The van der Waals surface area contributed by atoms with Gasteiger partial charge in [0.2, 0.25) is 5.91 Å². The number of imide groups is 1. The van der Waals surface area contributed by atoms with E-state index in [1.807, 2.05) is 5.32 Å². The van der Waals surface area contributed by atoms with Crippen LogP contribution in [0.25, 0.3) is 0 Å². The molecule has 0 aliphatic carbocycles. The largest absolute Gasteiger partial charge is 0.343 e. The molecular formula is C10H8Cl2N4O3. The molecule has 7 nitrogen and oxygen atoms in total. The summed E-state index contributed by atoms with van der Waals surface area (Å²) in [6.07, 6.45) is 0. The SMILES string of the molecule is O=C1CN(NC(=O)Nc2ccc(Cl)c(Cl)c2)C(=O)N1. The fourth-order valence-electron chi connectivity index (χ4n) is 1.39. The zero-order valence-corrected chi connectivity index (χ0v) is 10.9. The molecule has 5 amide bonds. The predicted octanol–water partition coefficient (Wildman–Crippen LogP) is 1.58. The van der Waals surface area contributed by atoms with Crippen LogP contribution in [0.5, 0.6) is 0 Å². The zero-order valence-electron chi connectivity index (χ0n) is 9.37. The first-order chi connectivity index (χ1) is 8.95. The predicted molar refractivity (Wildman–Crippen MR) is 68.9 cm³/mol. The van der Waals surface area contributed by atoms with Crippen molar-refractivity contribution in [1.82, 2.24) is 15.8 Å². The molecule has 2 rings (SSSR count). The van der Waals surface area contributed by atoms with Crippen LogP contribution in [0, 0.1) is 0 Å². The first kappa shape index (κ1) is 13.4. The number of hydrogen-bond acceptors (Lipinski definition) is 3. The van der Waals surface area contributed by atoms with Crippen molar-refractivity contribution in [2.45, 2.75) is 0 Å². The zero-order chi connectivity index (χ0) is 14.0. The second kappa shape index (κ2) is 5.33. The lowest BCUT2D eigenvalue weighted by atomic mass is 10.3. The number of carbonyl (C=O) groups excluding carboxylic acids is 3. The van der Waals surface area contributed by atoms with Crippen LogP contribution < -0.4 is 16.1 Å². The Morgan fingerprint density at radius 2 is 2.00 bits per heavy atom. The van der Waals surface area contributed by atoms with E-state index in [4.69, 9.17) is 23.2 Å². The quantitative estimate of drug-likeness (QED) is 0.724. The average Bonchev–Trinajstić information content (AvgIpc) is 2.62. The van der Waals surface area contributed by atoms with E-state index in [1.165, 1.54) is 12.1 Å². The normalized spacial score (nSPS) is 14.3. The van der Waals surface area contributed by atoms with Crippen LogP contribution >= 0.6 is 23.2 Å². The smallest absolute Gasteiger partial charge is 0.307 e. The number of urea groups is 2. The highest BCUT2D eigenvalue weighted by molar-refractivity contribution is 6.42. The monoisotopic (exact) mass is 302 g/mol. The highest BCUT2D eigenvalue weighted by Gasteiger charge is 2.28. The summed E-state index contributed by atoms with van der Waals surface area (Å²) in [6, 6.07) is 3.16. The third-order valence-corrected chi connectivity index (χ3v) is 2.95. The molecule has 100 valence electrons. The lowest BCUT2D eigenvalue weighted by Crippen LogP contribution is -2.46. The summed E-state index contributed by atoms with van der Waals surface area (Å²) in [7, 11) is 0. The third-order valence-electron chi connectivity index (χ3n) is 2.21. The second-order valence-corrected chi connectivity index (χ2v) is 4.45. The van der Waals surface area contributed by atoms with Gasteiger partial charge in [0.25, 0.3) is 0 Å². The van der Waals surface area contributed by atoms with E-state index in [0.717, 1.165) is 5.01 Å². The fourth-order valence-corrected chi connectivity index (χ4v) is 1.69. The van der Waals surface area contributed by atoms with Gasteiger partial charge in [-0.25, -0.2) is 20.0 Å². The Morgan fingerprint density at radius 3 is 2.58 bits per heavy atom. The van der Waals surface area contributed by atoms with Gasteiger partial charge < -0.3 is 5.32 Å². The molecule has 1 aliphatic heterocycles. The molecule has 0 saturated carbocycles. The number of carbonyl (C=O) groups is 3. The number of nitrogens with zero attached hydrogens (tertiary/aromatic N) is 1. The molecule has 0 atom stereocenters. The summed E-state index contributed by atoms with van der Waals surface area (Å²) in [5, 5.41) is 5.97. The van der Waals surface area contributed by atoms with Crippen LogP contribution in [0.2, 0.25) is 10.0 Å². The number of anilines is 1. The Balaban J connectivity index is 1.96. The second-order valence-electron chi connectivity index (χ2n) is 3.63. The van der Waals surface area contributed by atoms with Gasteiger partial charge in [0.1, 0.15) is 6.54 Å². The molecule has 1 saturated heterocycles. The number of halogens is 2. The Kier molecular flexibility index (Phi) is 3.77. The lowest BCUT2D eigenvalue weighted by molar-refractivity contribution is -0.118. The summed E-state index contributed by atoms with van der Waals surface area (Å²) in [6.45, 7) is -0.229. The van der Waals surface area contributed by atoms with Gasteiger partial charge in [-0.1, -0.05) is 23.2 Å². The molecule has 1 fully saturated rings. The van der Waals surface area contributed by atoms with E-state index in [0.29, 0.717) is 10.7 Å². The fraction of sp³-hybridized carbons (Fsp3) is 0.100. The number of hydrogen-bond donors (Lipinski definition) is 3. The van der Waals surface area contributed by atoms with Crippen molar-refractivity contribution in [3.63, 3.8) is 0 Å². The van der Waals surface area contributed by atoms with Crippen LogP contribution in [0.4, 0.5) is 15.3 Å². The van der Waals surface area contributed by atoms with Gasteiger partial charge in [-0.15, -0.1) is 0 Å². The molecule has 9 heteroatoms. The van der Waals surface area contributed by atoms with Crippen molar-refractivity contribution < 1.29 is 14.4 Å². The van der Waals surface area contributed by atoms with Gasteiger partial charge in [-0.2, -0.15) is 0 Å². The molecular weight excluding hydrogens is 295 g/mol. The first-order valence-corrected chi connectivity index (χ1v) is 5.85. The highest BCUT2D eigenvalue weighted by Crippen LogP contribution is 2.24. The first-order valence-electron chi connectivity index (χ1n) is 5.10. The molecule has 1 aromatic rings. The molecule has 0 unspecified atom stereocenters. The minimum absolute atomic E-state index is 0.229. The Morgan fingerprint density at radius 1 is 1.26 bits per heavy atom. The molecule has 0 aromatic heterocycles. The van der Waals surface area contributed by atoms with Gasteiger partial charge >= 0.3 is 12.1 Å². The number of benzene rings is 1. The summed E-state index contributed by atoms with van der Waals surface area (Å²) >= 11 is 11.5. The Hall–Kier alpha value is -1.99. The molecule has 1 heterocycles. The minimum Gasteiger partial charge on any atom is -0.307 e. The van der Waals surface area contributed by atoms with E-state index in [-0.39, 0.29) is 11.6 Å². The van der Waals surface area contributed by atoms with Gasteiger partial charge in [0, 0.05) is 5.69 Å². The molecule has 3 N–H and O–H groups in total. The number of hydrazine groups is 1. The van der Waals surface area contributed by atoms with Gasteiger partial charge in [0.05, 0.1) is 10.0 Å². The Labute approximate surface area is 117 Å². The van der Waals surface area contributed by atoms with Crippen LogP contribution in [-0.4, -0.2) is 29.5 Å². The maximum atomic E-state index is 11.6. The average molecular weight is 303 g/mol. The van der Waals surface area contributed by atoms with Crippen molar-refractivity contribution in [3.8, 4) is 0 Å². The van der Waals surface area contributed by atoms with Crippen molar-refractivity contribution in [1.29, 1.82) is 0 Å². The van der Waals surface area contributed by atoms with Crippen LogP contribution in [0.1, 0.15) is 0 Å². The van der Waals surface area contributed by atoms with Gasteiger partial charge in [-0.3, -0.25) is 10.1 Å². The molecule has 19 heavy (non-hydrogen) atoms. The van der Waals surface area contributed by atoms with Crippen molar-refractivity contribution in [3.05, 3.63) is 28.2 Å². The number of amides is 5. The van der Waals surface area contributed by atoms with Crippen LogP contribution in [0.15, 0.2) is 18.2 Å². The summed E-state index contributed by atoms with van der Waals surface area (Å²) in [5.74, 6) is -0.486. The summed E-state index contributed by atoms with van der Waals surface area (Å²) in [4.78, 5) is 33.7. The maximum Gasteiger partial charge on any atom is 0.343 e. The van der Waals surface area contributed by atoms with Gasteiger partial charge in [0.15, 0.2) is 0 Å². The molecule has 0 spiro atoms. The van der Waals surface area contributed by atoms with E-state index >= 15 is 0 Å². The van der Waals surface area contributed by atoms with Crippen LogP contribution in [0.3, 0.4) is 0 Å². The van der Waals surface area contributed by atoms with Gasteiger partial charge in [-0.05, 0) is 18.2 Å². The Bertz CT molecular complexity index is 564. The summed E-state index contributed by atoms with van der Waals surface area (Å²) < 4.78 is 0. The van der Waals surface area contributed by atoms with E-state index in [2.05, 4.69) is 10.7 Å². The third kappa shape index (κ3) is 3.27. The lowest BCUT2D eigenvalue weighted by Gasteiger charge is -2.15. The standard InChI is InChI=1S/C10H8Cl2N4O3/c11-6-2-1-5(3-7(6)12)13-9(18)15-16-4-8(17)14-10(16)19/h1-3H,4H2,(H2,13,15,18)(H,14,17,19). The number of nitrogens with one attached hydrogen (secondary N) is 3. The van der Waals surface area contributed by atoms with E-state index in [9.17, 15) is 14.4 Å². The number of rotatable bonds is 2. The molecule has 0 bridgehead atoms. The van der Waals surface area contributed by atoms with E-state index in [1.54, 1.807) is 6.07 Å². The maximum absolute atomic E-state index is 11.6.